The molecule has 0 bridgehead atoms. The quantitative estimate of drug-likeness (QED) is 0.526. The van der Waals surface area contributed by atoms with E-state index in [1.165, 1.54) is 18.7 Å². The van der Waals surface area contributed by atoms with Crippen LogP contribution in [-0.2, 0) is 16.0 Å². The SMILES string of the molecule is COC(=O)C(Cc1ccccc1)NC(=S)NC1(C(F)(F)F)NC=CS1. The molecule has 1 aliphatic rings. The van der Waals surface area contributed by atoms with Crippen molar-refractivity contribution in [2.45, 2.75) is 23.6 Å². The summed E-state index contributed by atoms with van der Waals surface area (Å²) in [4.78, 5) is 9.47. The number of carbonyl (C=O) groups excluding carboxylic acids is 1. The van der Waals surface area contributed by atoms with E-state index in [-0.39, 0.29) is 11.5 Å². The van der Waals surface area contributed by atoms with Gasteiger partial charge in [-0.3, -0.25) is 0 Å². The van der Waals surface area contributed by atoms with Crippen LogP contribution in [-0.4, -0.2) is 35.4 Å². The maximum absolute atomic E-state index is 13.3. The number of methoxy groups -OCH3 is 1. The normalized spacial score (nSPS) is 20.5. The number of rotatable bonds is 5. The summed E-state index contributed by atoms with van der Waals surface area (Å²) in [5, 5.41) is 7.97. The number of thiocarbonyl (C=S) groups is 1. The number of nitrogens with one attached hydrogen (secondary N) is 3. The summed E-state index contributed by atoms with van der Waals surface area (Å²) < 4.78 is 44.7. The highest BCUT2D eigenvalue weighted by atomic mass is 32.2. The van der Waals surface area contributed by atoms with Crippen molar-refractivity contribution in [3.8, 4) is 0 Å². The average Bonchev–Trinajstić information content (AvgIpc) is 3.04. The van der Waals surface area contributed by atoms with Gasteiger partial charge in [-0.25, -0.2) is 4.79 Å². The standard InChI is InChI=1S/C15H16F3N3O2S2/c1-23-12(22)11(9-10-5-3-2-4-6-10)20-13(24)21-15(14(16,17)18)19-7-8-25-15/h2-8,11,19H,9H2,1H3,(H2,20,21,24). The number of benzene rings is 1. The molecule has 25 heavy (non-hydrogen) atoms. The van der Waals surface area contributed by atoms with Gasteiger partial charge in [-0.05, 0) is 23.2 Å². The Hall–Kier alpha value is -1.94. The lowest BCUT2D eigenvalue weighted by Crippen LogP contribution is -2.65. The fourth-order valence-electron chi connectivity index (χ4n) is 2.15. The number of esters is 1. The Morgan fingerprint density at radius 2 is 2.08 bits per heavy atom. The second kappa shape index (κ2) is 7.96. The van der Waals surface area contributed by atoms with Crippen molar-refractivity contribution >= 4 is 35.1 Å². The molecule has 0 aliphatic carbocycles. The van der Waals surface area contributed by atoms with E-state index in [0.29, 0.717) is 11.8 Å². The van der Waals surface area contributed by atoms with E-state index in [0.717, 1.165) is 5.56 Å². The van der Waals surface area contributed by atoms with Gasteiger partial charge in [-0.2, -0.15) is 13.2 Å². The number of thioether (sulfide) groups is 1. The van der Waals surface area contributed by atoms with Gasteiger partial charge in [0.15, 0.2) is 5.11 Å². The van der Waals surface area contributed by atoms with Crippen LogP contribution in [0.2, 0.25) is 0 Å². The molecule has 3 N–H and O–H groups in total. The molecule has 0 spiro atoms. The molecule has 1 heterocycles. The summed E-state index contributed by atoms with van der Waals surface area (Å²) in [6, 6.07) is 8.08. The molecule has 2 atom stereocenters. The van der Waals surface area contributed by atoms with Crippen LogP contribution in [0.4, 0.5) is 13.2 Å². The van der Waals surface area contributed by atoms with Gasteiger partial charge < -0.3 is 20.7 Å². The predicted octanol–water partition coefficient (Wildman–Crippen LogP) is 2.26. The van der Waals surface area contributed by atoms with E-state index in [4.69, 9.17) is 17.0 Å². The molecule has 1 aliphatic heterocycles. The summed E-state index contributed by atoms with van der Waals surface area (Å²) in [7, 11) is 1.20. The summed E-state index contributed by atoms with van der Waals surface area (Å²) in [6.45, 7) is 0. The number of halogens is 3. The van der Waals surface area contributed by atoms with Crippen LogP contribution < -0.4 is 16.0 Å². The van der Waals surface area contributed by atoms with Crippen molar-refractivity contribution in [3.05, 3.63) is 47.5 Å². The Bertz CT molecular complexity index is 645. The van der Waals surface area contributed by atoms with E-state index in [1.54, 1.807) is 24.3 Å². The molecule has 1 aromatic carbocycles. The van der Waals surface area contributed by atoms with Gasteiger partial charge in [0.1, 0.15) is 6.04 Å². The fourth-order valence-corrected chi connectivity index (χ4v) is 3.28. The number of hydrogen-bond acceptors (Lipinski definition) is 5. The first-order valence-corrected chi connectivity index (χ1v) is 8.44. The first-order valence-electron chi connectivity index (χ1n) is 7.15. The molecular formula is C15H16F3N3O2S2. The smallest absolute Gasteiger partial charge is 0.441 e. The maximum atomic E-state index is 13.3. The molecule has 0 amide bonds. The summed E-state index contributed by atoms with van der Waals surface area (Å²) >= 11 is 5.48. The van der Waals surface area contributed by atoms with Crippen molar-refractivity contribution in [2.75, 3.05) is 7.11 Å². The Morgan fingerprint density at radius 1 is 1.40 bits per heavy atom. The minimum Gasteiger partial charge on any atom is -0.467 e. The van der Waals surface area contributed by atoms with Crippen molar-refractivity contribution < 1.29 is 22.7 Å². The predicted molar refractivity (Wildman–Crippen MR) is 93.5 cm³/mol. The molecule has 0 saturated heterocycles. The highest BCUT2D eigenvalue weighted by molar-refractivity contribution is 8.03. The van der Waals surface area contributed by atoms with Crippen molar-refractivity contribution in [1.29, 1.82) is 0 Å². The minimum absolute atomic E-state index is 0.215. The van der Waals surface area contributed by atoms with Crippen LogP contribution >= 0.6 is 24.0 Å². The molecule has 136 valence electrons. The van der Waals surface area contributed by atoms with Crippen LogP contribution in [0, 0.1) is 0 Å². The molecular weight excluding hydrogens is 375 g/mol. The van der Waals surface area contributed by atoms with Gasteiger partial charge in [-0.15, -0.1) is 0 Å². The van der Waals surface area contributed by atoms with Gasteiger partial charge in [0.2, 0.25) is 0 Å². The topological polar surface area (TPSA) is 62.4 Å². The van der Waals surface area contributed by atoms with Crippen LogP contribution in [0.1, 0.15) is 5.56 Å². The summed E-state index contributed by atoms with van der Waals surface area (Å²) in [5.41, 5.74) is 0.814. The third-order valence-corrected chi connectivity index (χ3v) is 4.66. The Morgan fingerprint density at radius 3 is 2.60 bits per heavy atom. The fraction of sp³-hybridized carbons (Fsp3) is 0.333. The third-order valence-electron chi connectivity index (χ3n) is 3.36. The third kappa shape index (κ3) is 4.79. The lowest BCUT2D eigenvalue weighted by Gasteiger charge is -2.33. The first-order chi connectivity index (χ1) is 11.8. The second-order valence-electron chi connectivity index (χ2n) is 5.11. The molecule has 5 nitrogen and oxygen atoms in total. The molecule has 1 aromatic rings. The van der Waals surface area contributed by atoms with E-state index in [2.05, 4.69) is 16.0 Å². The first kappa shape index (κ1) is 19.4. The van der Waals surface area contributed by atoms with Crippen LogP contribution in [0.5, 0.6) is 0 Å². The number of ether oxygens (including phenoxy) is 1. The molecule has 10 heteroatoms. The number of carbonyl (C=O) groups is 1. The highest BCUT2D eigenvalue weighted by Gasteiger charge is 2.57. The largest absolute Gasteiger partial charge is 0.467 e. The Kier molecular flexibility index (Phi) is 6.17. The lowest BCUT2D eigenvalue weighted by molar-refractivity contribution is -0.167. The van der Waals surface area contributed by atoms with Crippen molar-refractivity contribution in [3.63, 3.8) is 0 Å². The van der Waals surface area contributed by atoms with Crippen LogP contribution in [0.25, 0.3) is 0 Å². The summed E-state index contributed by atoms with van der Waals surface area (Å²) in [5.74, 6) is -0.626. The monoisotopic (exact) mass is 391 g/mol. The summed E-state index contributed by atoms with van der Waals surface area (Å²) in [6.07, 6.45) is -3.23. The number of hydrogen-bond donors (Lipinski definition) is 3. The van der Waals surface area contributed by atoms with Gasteiger partial charge >= 0.3 is 12.1 Å². The van der Waals surface area contributed by atoms with Crippen molar-refractivity contribution in [1.82, 2.24) is 16.0 Å². The molecule has 0 aromatic heterocycles. The molecule has 0 fully saturated rings. The molecule has 0 radical (unpaired) electrons. The van der Waals surface area contributed by atoms with Crippen molar-refractivity contribution in [2.24, 2.45) is 0 Å². The van der Waals surface area contributed by atoms with E-state index >= 15 is 0 Å². The molecule has 2 unspecified atom stereocenters. The van der Waals surface area contributed by atoms with Gasteiger partial charge in [-0.1, -0.05) is 42.1 Å². The van der Waals surface area contributed by atoms with Gasteiger partial charge in [0.25, 0.3) is 4.99 Å². The van der Waals surface area contributed by atoms with E-state index < -0.39 is 23.2 Å². The highest BCUT2D eigenvalue weighted by Crippen LogP contribution is 2.40. The van der Waals surface area contributed by atoms with Gasteiger partial charge in [0, 0.05) is 12.6 Å². The minimum atomic E-state index is -4.62. The molecule has 0 saturated carbocycles. The average molecular weight is 391 g/mol. The number of alkyl halides is 3. The molecule has 2 rings (SSSR count). The van der Waals surface area contributed by atoms with E-state index in [9.17, 15) is 18.0 Å². The maximum Gasteiger partial charge on any atom is 0.441 e. The second-order valence-corrected chi connectivity index (χ2v) is 6.64. The van der Waals surface area contributed by atoms with Crippen LogP contribution in [0.3, 0.4) is 0 Å². The van der Waals surface area contributed by atoms with E-state index in [1.807, 2.05) is 6.07 Å². The van der Waals surface area contributed by atoms with Crippen LogP contribution in [0.15, 0.2) is 41.9 Å². The Labute approximate surface area is 152 Å². The zero-order valence-electron chi connectivity index (χ0n) is 13.1. The lowest BCUT2D eigenvalue weighted by atomic mass is 10.1. The zero-order chi connectivity index (χ0) is 18.5. The van der Waals surface area contributed by atoms with Gasteiger partial charge in [0.05, 0.1) is 7.11 Å². The Balaban J connectivity index is 2.07. The zero-order valence-corrected chi connectivity index (χ0v) is 14.7.